The minimum Gasteiger partial charge on any atom is -0.457 e. The zero-order valence-electron chi connectivity index (χ0n) is 28.5. The molecule has 1 atom stereocenters. The van der Waals surface area contributed by atoms with Crippen LogP contribution in [0.2, 0.25) is 0 Å². The number of nitro groups is 1. The second-order valence-electron chi connectivity index (χ2n) is 12.3. The third-order valence-electron chi connectivity index (χ3n) is 8.83. The Morgan fingerprint density at radius 1 is 1.08 bits per heavy atom. The number of hydrogen-bond donors (Lipinski definition) is 4. The van der Waals surface area contributed by atoms with Gasteiger partial charge in [-0.05, 0) is 55.3 Å². The van der Waals surface area contributed by atoms with Crippen LogP contribution in [0, 0.1) is 17.0 Å². The molecule has 3 aromatic carbocycles. The molecule has 1 unspecified atom stereocenters. The van der Waals surface area contributed by atoms with Crippen LogP contribution >= 0.6 is 0 Å². The Bertz CT molecular complexity index is 2360. The van der Waals surface area contributed by atoms with E-state index < -0.39 is 28.7 Å². The predicted molar refractivity (Wildman–Crippen MR) is 193 cm³/mol. The number of non-ortho nitro benzene ring substituents is 1. The molecule has 4 N–H and O–H groups in total. The maximum Gasteiger partial charge on any atom is 0.274 e. The average Bonchev–Trinajstić information content (AvgIpc) is 3.63. The molecule has 0 bridgehead atoms. The van der Waals surface area contributed by atoms with Crippen molar-refractivity contribution < 1.29 is 33.6 Å². The van der Waals surface area contributed by atoms with E-state index in [0.717, 1.165) is 4.90 Å². The molecule has 0 radical (unpaired) electrons. The van der Waals surface area contributed by atoms with Gasteiger partial charge in [0.2, 0.25) is 24.1 Å². The van der Waals surface area contributed by atoms with Gasteiger partial charge in [0.05, 0.1) is 4.92 Å². The van der Waals surface area contributed by atoms with Crippen molar-refractivity contribution in [1.82, 2.24) is 19.8 Å². The van der Waals surface area contributed by atoms with Crippen LogP contribution in [0.1, 0.15) is 35.2 Å². The fraction of sp³-hybridized carbons (Fsp3) is 0.189. The molecule has 6 rings (SSSR count). The van der Waals surface area contributed by atoms with E-state index in [0.29, 0.717) is 44.7 Å². The summed E-state index contributed by atoms with van der Waals surface area (Å²) >= 11 is 0. The number of aryl methyl sites for hydroxylation is 1. The molecule has 1 saturated heterocycles. The summed E-state index contributed by atoms with van der Waals surface area (Å²) in [6.45, 7) is 1.86. The van der Waals surface area contributed by atoms with Crippen molar-refractivity contribution in [2.24, 2.45) is 7.05 Å². The molecule has 1 aliphatic rings. The predicted octanol–water partition coefficient (Wildman–Crippen LogP) is 4.39. The summed E-state index contributed by atoms with van der Waals surface area (Å²) in [6, 6.07) is 16.2. The highest BCUT2D eigenvalue weighted by molar-refractivity contribution is 6.08. The Labute approximate surface area is 300 Å². The summed E-state index contributed by atoms with van der Waals surface area (Å²) in [6.07, 6.45) is 3.55. The highest BCUT2D eigenvalue weighted by atomic mass is 16.6. The number of H-pyrrole nitrogens is 1. The van der Waals surface area contributed by atoms with Crippen LogP contribution in [0.3, 0.4) is 0 Å². The molecular weight excluding hydrogens is 686 g/mol. The van der Waals surface area contributed by atoms with Crippen molar-refractivity contribution in [3.8, 4) is 22.6 Å². The number of piperidine rings is 1. The molecular formula is C37H33N7O9. The number of carbonyl (C=O) groups excluding carboxylic acids is 5. The maximum atomic E-state index is 13.3. The number of aromatic amines is 1. The maximum absolute atomic E-state index is 13.3. The molecule has 270 valence electrons. The summed E-state index contributed by atoms with van der Waals surface area (Å²) in [5.41, 5.74) is 2.50. The highest BCUT2D eigenvalue weighted by Gasteiger charge is 2.35. The Hall–Kier alpha value is -7.10. The number of anilines is 2. The van der Waals surface area contributed by atoms with Crippen LogP contribution in [-0.2, 0) is 26.2 Å². The third kappa shape index (κ3) is 7.51. The van der Waals surface area contributed by atoms with E-state index in [1.807, 2.05) is 0 Å². The molecule has 5 amide bonds. The highest BCUT2D eigenvalue weighted by Crippen LogP contribution is 2.39. The standard InChI is InChI=1S/C37H33N7O9/c1-21-25(36(49)43(20-45)30-10-12-32(46)41-35(30)48)7-4-8-29(21)38-16-14-33(47)40-22-5-3-6-24(17-22)53-31-11-9-23(44(51)52)18-27(31)28-19-42(2)37(50)34-26(28)13-15-39-34/h3-9,11,13,15,17-20,30,38-39H,10,12,14,16H2,1-2H3,(H,40,47)(H,41,46,48). The molecule has 16 heteroatoms. The lowest BCUT2D eigenvalue weighted by Gasteiger charge is -2.29. The number of amides is 5. The molecule has 16 nitrogen and oxygen atoms in total. The summed E-state index contributed by atoms with van der Waals surface area (Å²) in [5, 5.41) is 20.3. The van der Waals surface area contributed by atoms with Crippen molar-refractivity contribution in [3.63, 3.8) is 0 Å². The fourth-order valence-electron chi connectivity index (χ4n) is 6.12. The van der Waals surface area contributed by atoms with Gasteiger partial charge in [-0.15, -0.1) is 0 Å². The molecule has 0 spiro atoms. The number of benzene rings is 3. The summed E-state index contributed by atoms with van der Waals surface area (Å²) < 4.78 is 7.58. The summed E-state index contributed by atoms with van der Waals surface area (Å²) in [5.74, 6) is -1.58. The fourth-order valence-corrected chi connectivity index (χ4v) is 6.12. The van der Waals surface area contributed by atoms with Crippen molar-refractivity contribution in [2.45, 2.75) is 32.2 Å². The number of nitrogens with zero attached hydrogens (tertiary/aromatic N) is 3. The Balaban J connectivity index is 1.12. The zero-order chi connectivity index (χ0) is 37.8. The summed E-state index contributed by atoms with van der Waals surface area (Å²) in [7, 11) is 1.58. The number of rotatable bonds is 12. The molecule has 53 heavy (non-hydrogen) atoms. The monoisotopic (exact) mass is 719 g/mol. The summed E-state index contributed by atoms with van der Waals surface area (Å²) in [4.78, 5) is 89.4. The Kier molecular flexibility index (Phi) is 10.1. The van der Waals surface area contributed by atoms with Crippen LogP contribution < -0.4 is 26.2 Å². The van der Waals surface area contributed by atoms with Gasteiger partial charge in [-0.1, -0.05) is 12.1 Å². The molecule has 3 heterocycles. The van der Waals surface area contributed by atoms with Crippen LogP contribution in [-0.4, -0.2) is 62.0 Å². The van der Waals surface area contributed by atoms with E-state index in [1.54, 1.807) is 68.8 Å². The molecule has 0 aliphatic carbocycles. The molecule has 0 saturated carbocycles. The topological polar surface area (TPSA) is 215 Å². The van der Waals surface area contributed by atoms with Crippen LogP contribution in [0.25, 0.3) is 22.0 Å². The molecule has 1 aliphatic heterocycles. The van der Waals surface area contributed by atoms with Gasteiger partial charge in [0.25, 0.3) is 17.2 Å². The normalized spacial score (nSPS) is 14.0. The van der Waals surface area contributed by atoms with Crippen molar-refractivity contribution in [3.05, 3.63) is 111 Å². The van der Waals surface area contributed by atoms with Gasteiger partial charge in [0.15, 0.2) is 0 Å². The number of aromatic nitrogens is 2. The largest absolute Gasteiger partial charge is 0.457 e. The van der Waals surface area contributed by atoms with E-state index in [1.165, 1.54) is 28.8 Å². The van der Waals surface area contributed by atoms with Gasteiger partial charge in [-0.25, -0.2) is 0 Å². The first-order valence-electron chi connectivity index (χ1n) is 16.4. The number of carbonyl (C=O) groups is 5. The average molecular weight is 720 g/mol. The van der Waals surface area contributed by atoms with Gasteiger partial charge < -0.3 is 24.9 Å². The number of nitrogens with one attached hydrogen (secondary N) is 4. The van der Waals surface area contributed by atoms with E-state index in [9.17, 15) is 38.9 Å². The lowest BCUT2D eigenvalue weighted by molar-refractivity contribution is -0.384. The molecule has 5 aromatic rings. The van der Waals surface area contributed by atoms with Gasteiger partial charge in [-0.3, -0.25) is 49.1 Å². The number of ether oxygens (including phenoxy) is 1. The quantitative estimate of drug-likeness (QED) is 0.0618. The van der Waals surface area contributed by atoms with Crippen molar-refractivity contribution in [1.29, 1.82) is 0 Å². The van der Waals surface area contributed by atoms with Crippen molar-refractivity contribution >= 4 is 58.0 Å². The zero-order valence-corrected chi connectivity index (χ0v) is 28.5. The minimum absolute atomic E-state index is 0.00454. The first-order valence-corrected chi connectivity index (χ1v) is 16.4. The van der Waals surface area contributed by atoms with E-state index >= 15 is 0 Å². The minimum atomic E-state index is -1.10. The Morgan fingerprint density at radius 2 is 1.87 bits per heavy atom. The third-order valence-corrected chi connectivity index (χ3v) is 8.83. The van der Waals surface area contributed by atoms with Crippen molar-refractivity contribution in [2.75, 3.05) is 17.2 Å². The smallest absolute Gasteiger partial charge is 0.274 e. The van der Waals surface area contributed by atoms with Crippen LogP contribution in [0.4, 0.5) is 17.1 Å². The number of imide groups is 2. The lowest BCUT2D eigenvalue weighted by atomic mass is 10.0. The van der Waals surface area contributed by atoms with E-state index in [4.69, 9.17) is 4.74 Å². The van der Waals surface area contributed by atoms with Gasteiger partial charge in [0.1, 0.15) is 23.1 Å². The van der Waals surface area contributed by atoms with E-state index in [-0.39, 0.29) is 60.7 Å². The molecule has 1 fully saturated rings. The number of pyridine rings is 1. The van der Waals surface area contributed by atoms with Gasteiger partial charge >= 0.3 is 0 Å². The van der Waals surface area contributed by atoms with E-state index in [2.05, 4.69) is 20.9 Å². The number of fused-ring (bicyclic) bond motifs is 1. The van der Waals surface area contributed by atoms with Gasteiger partial charge in [0, 0.05) is 90.5 Å². The number of hydrogen-bond acceptors (Lipinski definition) is 10. The van der Waals surface area contributed by atoms with Crippen LogP contribution in [0.15, 0.2) is 83.9 Å². The SMILES string of the molecule is Cc1c(NCCC(=O)Nc2cccc(Oc3ccc([N+](=O)[O-])cc3-c3cn(C)c(=O)c4[nH]ccc34)c2)cccc1C(=O)N(C=O)C1CCC(=O)NC1=O. The first kappa shape index (κ1) is 35.7. The lowest BCUT2D eigenvalue weighted by Crippen LogP contribution is -2.53. The Morgan fingerprint density at radius 3 is 2.62 bits per heavy atom. The number of nitro benzene ring substituents is 1. The molecule has 2 aromatic heterocycles. The van der Waals surface area contributed by atoms with Gasteiger partial charge in [-0.2, -0.15) is 0 Å². The first-order chi connectivity index (χ1) is 25.4. The second kappa shape index (κ2) is 15.0. The van der Waals surface area contributed by atoms with Crippen LogP contribution in [0.5, 0.6) is 11.5 Å². The second-order valence-corrected chi connectivity index (χ2v) is 12.3.